The fraction of sp³-hybridized carbons (Fsp3) is 0.625. The van der Waals surface area contributed by atoms with E-state index in [1.54, 1.807) is 0 Å². The van der Waals surface area contributed by atoms with Crippen LogP contribution in [-0.2, 0) is 0 Å². The Labute approximate surface area is 97.4 Å². The van der Waals surface area contributed by atoms with Crippen LogP contribution in [0.3, 0.4) is 0 Å². The van der Waals surface area contributed by atoms with Gasteiger partial charge in [-0.1, -0.05) is 11.3 Å². The molecule has 0 aromatic carbocycles. The molecule has 1 aromatic rings. The minimum absolute atomic E-state index is 0.229. The minimum atomic E-state index is -0.229. The van der Waals surface area contributed by atoms with Crippen LogP contribution in [0.4, 0.5) is 0 Å². The summed E-state index contributed by atoms with van der Waals surface area (Å²) in [6.07, 6.45) is 0. The van der Waals surface area contributed by atoms with Crippen molar-refractivity contribution >= 4 is 28.8 Å². The number of hydrogen-bond acceptors (Lipinski definition) is 5. The molecule has 0 bridgehead atoms. The third-order valence-electron chi connectivity index (χ3n) is 2.03. The van der Waals surface area contributed by atoms with E-state index in [0.717, 1.165) is 11.3 Å². The highest BCUT2D eigenvalue weighted by Crippen LogP contribution is 2.14. The van der Waals surface area contributed by atoms with Gasteiger partial charge < -0.3 is 10.2 Å². The second kappa shape index (κ2) is 5.39. The van der Waals surface area contributed by atoms with E-state index in [0.29, 0.717) is 11.6 Å². The molecule has 7 heteroatoms. The third-order valence-corrected chi connectivity index (χ3v) is 3.05. The van der Waals surface area contributed by atoms with Gasteiger partial charge in [-0.05, 0) is 32.6 Å². The number of rotatable bonds is 4. The molecule has 0 aliphatic heterocycles. The van der Waals surface area contributed by atoms with Crippen molar-refractivity contribution in [1.82, 2.24) is 20.4 Å². The summed E-state index contributed by atoms with van der Waals surface area (Å²) in [4.78, 5) is 13.5. The van der Waals surface area contributed by atoms with Gasteiger partial charge in [0.15, 0.2) is 0 Å². The number of hydrogen-bond donors (Lipinski definition) is 1. The van der Waals surface area contributed by atoms with Crippen molar-refractivity contribution in [2.24, 2.45) is 0 Å². The first-order valence-corrected chi connectivity index (χ1v) is 5.63. The third kappa shape index (κ3) is 3.73. The zero-order chi connectivity index (χ0) is 11.4. The smallest absolute Gasteiger partial charge is 0.282 e. The highest BCUT2D eigenvalue weighted by molar-refractivity contribution is 7.17. The Morgan fingerprint density at radius 1 is 1.60 bits per heavy atom. The van der Waals surface area contributed by atoms with Crippen LogP contribution in [0.15, 0.2) is 0 Å². The molecule has 0 aliphatic carbocycles. The molecule has 1 aromatic heterocycles. The van der Waals surface area contributed by atoms with Gasteiger partial charge in [0.05, 0.1) is 0 Å². The summed E-state index contributed by atoms with van der Waals surface area (Å²) in [5.41, 5.74) is 0. The van der Waals surface area contributed by atoms with Crippen molar-refractivity contribution in [2.75, 3.05) is 20.6 Å². The molecule has 0 aliphatic rings. The second-order valence-electron chi connectivity index (χ2n) is 3.38. The molecule has 15 heavy (non-hydrogen) atoms. The zero-order valence-corrected chi connectivity index (χ0v) is 10.4. The highest BCUT2D eigenvalue weighted by Gasteiger charge is 2.13. The lowest BCUT2D eigenvalue weighted by atomic mass is 10.3. The maximum Gasteiger partial charge on any atom is 0.282 e. The summed E-state index contributed by atoms with van der Waals surface area (Å²) in [7, 11) is 3.91. The zero-order valence-electron chi connectivity index (χ0n) is 8.82. The van der Waals surface area contributed by atoms with Crippen molar-refractivity contribution < 1.29 is 4.79 Å². The Morgan fingerprint density at radius 2 is 2.27 bits per heavy atom. The summed E-state index contributed by atoms with van der Waals surface area (Å²) in [5.74, 6) is -0.229. The summed E-state index contributed by atoms with van der Waals surface area (Å²) >= 11 is 6.65. The van der Waals surface area contributed by atoms with E-state index in [2.05, 4.69) is 15.5 Å². The number of aromatic nitrogens is 2. The van der Waals surface area contributed by atoms with E-state index in [4.69, 9.17) is 11.6 Å². The average Bonchev–Trinajstić information content (AvgIpc) is 2.60. The van der Waals surface area contributed by atoms with Crippen LogP contribution in [-0.4, -0.2) is 47.7 Å². The topological polar surface area (TPSA) is 58.1 Å². The molecular formula is C8H13ClN4OS. The highest BCUT2D eigenvalue weighted by atomic mass is 35.5. The van der Waals surface area contributed by atoms with Crippen LogP contribution in [0.25, 0.3) is 0 Å². The summed E-state index contributed by atoms with van der Waals surface area (Å²) < 4.78 is 0.279. The van der Waals surface area contributed by atoms with E-state index in [9.17, 15) is 4.79 Å². The van der Waals surface area contributed by atoms with Gasteiger partial charge in [-0.3, -0.25) is 4.79 Å². The number of likely N-dealkylation sites (N-methyl/N-ethyl adjacent to an activating group) is 1. The SMILES string of the molecule is CC(CNC(=O)c1nnc(Cl)s1)N(C)C. The van der Waals surface area contributed by atoms with Crippen LogP contribution in [0, 0.1) is 0 Å². The van der Waals surface area contributed by atoms with E-state index in [1.165, 1.54) is 0 Å². The first-order chi connectivity index (χ1) is 7.00. The van der Waals surface area contributed by atoms with Gasteiger partial charge in [-0.2, -0.15) is 0 Å². The molecule has 1 rings (SSSR count). The Morgan fingerprint density at radius 3 is 2.73 bits per heavy atom. The molecule has 1 unspecified atom stereocenters. The molecule has 1 N–H and O–H groups in total. The number of halogens is 1. The van der Waals surface area contributed by atoms with Gasteiger partial charge >= 0.3 is 0 Å². The van der Waals surface area contributed by atoms with Crippen LogP contribution >= 0.6 is 22.9 Å². The van der Waals surface area contributed by atoms with E-state index < -0.39 is 0 Å². The second-order valence-corrected chi connectivity index (χ2v) is 4.94. The van der Waals surface area contributed by atoms with Crippen molar-refractivity contribution in [3.05, 3.63) is 9.47 Å². The first-order valence-electron chi connectivity index (χ1n) is 4.44. The van der Waals surface area contributed by atoms with Gasteiger partial charge in [-0.25, -0.2) is 0 Å². The molecule has 1 amide bonds. The normalized spacial score (nSPS) is 12.9. The molecular weight excluding hydrogens is 236 g/mol. The first kappa shape index (κ1) is 12.4. The molecule has 0 saturated heterocycles. The van der Waals surface area contributed by atoms with Crippen molar-refractivity contribution in [3.8, 4) is 0 Å². The Bertz CT molecular complexity index is 341. The van der Waals surface area contributed by atoms with Crippen LogP contribution < -0.4 is 5.32 Å². The fourth-order valence-corrected chi connectivity index (χ4v) is 1.54. The monoisotopic (exact) mass is 248 g/mol. The lowest BCUT2D eigenvalue weighted by Crippen LogP contribution is -2.38. The van der Waals surface area contributed by atoms with E-state index in [-0.39, 0.29) is 16.4 Å². The Kier molecular flexibility index (Phi) is 4.44. The van der Waals surface area contributed by atoms with Gasteiger partial charge in [0, 0.05) is 12.6 Å². The largest absolute Gasteiger partial charge is 0.348 e. The van der Waals surface area contributed by atoms with E-state index >= 15 is 0 Å². The molecule has 0 spiro atoms. The minimum Gasteiger partial charge on any atom is -0.348 e. The van der Waals surface area contributed by atoms with Crippen LogP contribution in [0.2, 0.25) is 4.47 Å². The number of carbonyl (C=O) groups excluding carboxylic acids is 1. The molecule has 0 saturated carbocycles. The van der Waals surface area contributed by atoms with E-state index in [1.807, 2.05) is 25.9 Å². The van der Waals surface area contributed by atoms with Gasteiger partial charge in [-0.15, -0.1) is 10.2 Å². The Hall–Kier alpha value is -0.720. The van der Waals surface area contributed by atoms with Crippen molar-refractivity contribution in [3.63, 3.8) is 0 Å². The maximum atomic E-state index is 11.5. The predicted octanol–water partition coefficient (Wildman–Crippen LogP) is 0.871. The lowest BCUT2D eigenvalue weighted by Gasteiger charge is -2.19. The van der Waals surface area contributed by atoms with Gasteiger partial charge in [0.2, 0.25) is 9.47 Å². The van der Waals surface area contributed by atoms with Crippen LogP contribution in [0.1, 0.15) is 16.7 Å². The van der Waals surface area contributed by atoms with Crippen molar-refractivity contribution in [1.29, 1.82) is 0 Å². The molecule has 84 valence electrons. The molecule has 0 fully saturated rings. The molecule has 1 heterocycles. The summed E-state index contributed by atoms with van der Waals surface area (Å²) in [6.45, 7) is 2.59. The number of carbonyl (C=O) groups is 1. The summed E-state index contributed by atoms with van der Waals surface area (Å²) in [5, 5.41) is 10.3. The Balaban J connectivity index is 2.43. The lowest BCUT2D eigenvalue weighted by molar-refractivity contribution is 0.0942. The number of amides is 1. The van der Waals surface area contributed by atoms with Gasteiger partial charge in [0.25, 0.3) is 5.91 Å². The quantitative estimate of drug-likeness (QED) is 0.859. The number of nitrogens with zero attached hydrogens (tertiary/aromatic N) is 3. The molecule has 5 nitrogen and oxygen atoms in total. The number of nitrogens with one attached hydrogen (secondary N) is 1. The van der Waals surface area contributed by atoms with Crippen LogP contribution in [0.5, 0.6) is 0 Å². The predicted molar refractivity (Wildman–Crippen MR) is 60.4 cm³/mol. The fourth-order valence-electron chi connectivity index (χ4n) is 0.796. The standard InChI is InChI=1S/C8H13ClN4OS/c1-5(13(2)3)4-10-6(14)7-11-12-8(9)15-7/h5H,4H2,1-3H3,(H,10,14). The van der Waals surface area contributed by atoms with Gasteiger partial charge in [0.1, 0.15) is 0 Å². The average molecular weight is 249 g/mol. The summed E-state index contributed by atoms with van der Waals surface area (Å²) in [6, 6.07) is 0.275. The maximum absolute atomic E-state index is 11.5. The molecule has 0 radical (unpaired) electrons. The van der Waals surface area contributed by atoms with Crippen molar-refractivity contribution in [2.45, 2.75) is 13.0 Å². The molecule has 1 atom stereocenters.